The highest BCUT2D eigenvalue weighted by Gasteiger charge is 2.32. The van der Waals surface area contributed by atoms with E-state index in [1.54, 1.807) is 0 Å². The van der Waals surface area contributed by atoms with Crippen molar-refractivity contribution in [2.24, 2.45) is 17.8 Å². The predicted molar refractivity (Wildman–Crippen MR) is 118 cm³/mol. The molecule has 2 N–H and O–H groups in total. The third kappa shape index (κ3) is 9.97. The Hall–Kier alpha value is -1.10. The number of aliphatic hydroxyl groups is 1. The summed E-state index contributed by atoms with van der Waals surface area (Å²) in [5.74, 6) is 0.788. The number of nitrogens with zero attached hydrogens (tertiary/aromatic N) is 1. The van der Waals surface area contributed by atoms with Gasteiger partial charge in [0.2, 0.25) is 5.91 Å². The molecule has 1 unspecified atom stereocenters. The van der Waals surface area contributed by atoms with Gasteiger partial charge >= 0.3 is 5.97 Å². The highest BCUT2D eigenvalue weighted by Crippen LogP contribution is 2.29. The summed E-state index contributed by atoms with van der Waals surface area (Å²) in [4.78, 5) is 25.4. The molecule has 1 aliphatic rings. The van der Waals surface area contributed by atoms with E-state index in [4.69, 9.17) is 5.11 Å². The SMILES string of the molecule is CCCCCC(O)C[C@H](C)[C@H]1CCCC(=O)N1CC[C@@H](C)[C@H](C)CCCC(=O)O. The summed E-state index contributed by atoms with van der Waals surface area (Å²) in [7, 11) is 0. The van der Waals surface area contributed by atoms with E-state index in [1.165, 1.54) is 12.8 Å². The van der Waals surface area contributed by atoms with Crippen LogP contribution in [0.2, 0.25) is 0 Å². The molecule has 0 aliphatic carbocycles. The lowest BCUT2D eigenvalue weighted by atomic mass is 9.85. The van der Waals surface area contributed by atoms with E-state index in [1.807, 2.05) is 0 Å². The molecule has 1 aliphatic heterocycles. The van der Waals surface area contributed by atoms with Gasteiger partial charge in [-0.15, -0.1) is 0 Å². The Labute approximate surface area is 178 Å². The van der Waals surface area contributed by atoms with Crippen LogP contribution in [0, 0.1) is 17.8 Å². The van der Waals surface area contributed by atoms with Crippen LogP contribution in [-0.4, -0.2) is 45.7 Å². The smallest absolute Gasteiger partial charge is 0.303 e. The number of hydrogen-bond donors (Lipinski definition) is 2. The van der Waals surface area contributed by atoms with Gasteiger partial charge < -0.3 is 15.1 Å². The number of carbonyl (C=O) groups excluding carboxylic acids is 1. The normalized spacial score (nSPS) is 21.6. The maximum absolute atomic E-state index is 12.6. The minimum atomic E-state index is -0.725. The van der Waals surface area contributed by atoms with E-state index in [9.17, 15) is 14.7 Å². The molecule has 1 heterocycles. The van der Waals surface area contributed by atoms with Crippen LogP contribution in [0.1, 0.15) is 105 Å². The zero-order valence-electron chi connectivity index (χ0n) is 19.2. The molecule has 1 fully saturated rings. The molecule has 0 saturated carbocycles. The summed E-state index contributed by atoms with van der Waals surface area (Å²) in [5, 5.41) is 19.2. The van der Waals surface area contributed by atoms with E-state index in [-0.39, 0.29) is 24.5 Å². The van der Waals surface area contributed by atoms with Crippen LogP contribution in [-0.2, 0) is 9.59 Å². The van der Waals surface area contributed by atoms with E-state index in [0.717, 1.165) is 57.9 Å². The van der Waals surface area contributed by atoms with E-state index >= 15 is 0 Å². The number of carbonyl (C=O) groups is 2. The zero-order valence-corrected chi connectivity index (χ0v) is 19.2. The molecule has 5 heteroatoms. The van der Waals surface area contributed by atoms with Crippen LogP contribution in [0.4, 0.5) is 0 Å². The van der Waals surface area contributed by atoms with Crippen LogP contribution < -0.4 is 0 Å². The van der Waals surface area contributed by atoms with Gasteiger partial charge in [-0.05, 0) is 62.7 Å². The van der Waals surface area contributed by atoms with Crippen LogP contribution in [0.5, 0.6) is 0 Å². The van der Waals surface area contributed by atoms with Crippen LogP contribution in [0.15, 0.2) is 0 Å². The Morgan fingerprint density at radius 1 is 1.10 bits per heavy atom. The standard InChI is InChI=1S/C24H45NO4/c1-5-6-7-11-21(26)17-20(4)22-12-9-13-23(27)25(22)16-15-19(3)18(2)10-8-14-24(28)29/h18-22,26H,5-17H2,1-4H3,(H,28,29)/t18-,19-,20+,21?,22-/m1/s1. The van der Waals surface area contributed by atoms with Crippen LogP contribution in [0.25, 0.3) is 0 Å². The maximum Gasteiger partial charge on any atom is 0.303 e. The molecule has 0 spiro atoms. The number of rotatable bonds is 15. The summed E-state index contributed by atoms with van der Waals surface area (Å²) in [6.07, 6.45) is 10.3. The number of hydrogen-bond acceptors (Lipinski definition) is 3. The molecule has 0 aromatic carbocycles. The number of piperidine rings is 1. The predicted octanol–water partition coefficient (Wildman–Crippen LogP) is 5.25. The second-order valence-corrected chi connectivity index (χ2v) is 9.44. The van der Waals surface area contributed by atoms with Crippen molar-refractivity contribution in [2.45, 2.75) is 117 Å². The van der Waals surface area contributed by atoms with Crippen LogP contribution >= 0.6 is 0 Å². The Bertz CT molecular complexity index is 482. The molecule has 170 valence electrons. The highest BCUT2D eigenvalue weighted by atomic mass is 16.4. The van der Waals surface area contributed by atoms with Gasteiger partial charge in [-0.1, -0.05) is 47.0 Å². The highest BCUT2D eigenvalue weighted by molar-refractivity contribution is 5.77. The molecule has 5 atom stereocenters. The minimum Gasteiger partial charge on any atom is -0.481 e. The number of likely N-dealkylation sites (tertiary alicyclic amines) is 1. The van der Waals surface area contributed by atoms with Crippen molar-refractivity contribution in [1.29, 1.82) is 0 Å². The Balaban J connectivity index is 2.52. The molecular weight excluding hydrogens is 366 g/mol. The fraction of sp³-hybridized carbons (Fsp3) is 0.917. The van der Waals surface area contributed by atoms with E-state index in [2.05, 4.69) is 32.6 Å². The van der Waals surface area contributed by atoms with Gasteiger partial charge in [-0.25, -0.2) is 0 Å². The van der Waals surface area contributed by atoms with E-state index < -0.39 is 5.97 Å². The van der Waals surface area contributed by atoms with Crippen molar-refractivity contribution in [1.82, 2.24) is 4.90 Å². The number of aliphatic hydroxyl groups excluding tert-OH is 1. The fourth-order valence-corrected chi connectivity index (χ4v) is 4.65. The lowest BCUT2D eigenvalue weighted by Gasteiger charge is -2.40. The monoisotopic (exact) mass is 411 g/mol. The third-order valence-electron chi connectivity index (χ3n) is 6.90. The fourth-order valence-electron chi connectivity index (χ4n) is 4.65. The molecule has 0 aromatic rings. The lowest BCUT2D eigenvalue weighted by Crippen LogP contribution is -2.48. The van der Waals surface area contributed by atoms with Crippen molar-refractivity contribution in [3.63, 3.8) is 0 Å². The molecular formula is C24H45NO4. The minimum absolute atomic E-state index is 0.238. The first kappa shape index (κ1) is 25.9. The number of unbranched alkanes of at least 4 members (excludes halogenated alkanes) is 2. The van der Waals surface area contributed by atoms with Gasteiger partial charge in [-0.2, -0.15) is 0 Å². The molecule has 29 heavy (non-hydrogen) atoms. The number of carboxylic acids is 1. The first-order valence-electron chi connectivity index (χ1n) is 12.0. The topological polar surface area (TPSA) is 77.8 Å². The summed E-state index contributed by atoms with van der Waals surface area (Å²) in [6.45, 7) is 9.56. The van der Waals surface area contributed by atoms with Crippen molar-refractivity contribution >= 4 is 11.9 Å². The number of carboxylic acid groups (broad SMARTS) is 1. The molecule has 5 nitrogen and oxygen atoms in total. The van der Waals surface area contributed by atoms with Gasteiger partial charge in [0.05, 0.1) is 6.10 Å². The lowest BCUT2D eigenvalue weighted by molar-refractivity contribution is -0.139. The average Bonchev–Trinajstić information content (AvgIpc) is 2.66. The second kappa shape index (κ2) is 14.0. The molecule has 0 radical (unpaired) electrons. The van der Waals surface area contributed by atoms with Crippen molar-refractivity contribution in [3.8, 4) is 0 Å². The first-order chi connectivity index (χ1) is 13.8. The maximum atomic E-state index is 12.6. The Kier molecular flexibility index (Phi) is 12.5. The number of aliphatic carboxylic acids is 1. The zero-order chi connectivity index (χ0) is 21.8. The van der Waals surface area contributed by atoms with Crippen molar-refractivity contribution in [3.05, 3.63) is 0 Å². The van der Waals surface area contributed by atoms with Crippen LogP contribution in [0.3, 0.4) is 0 Å². The summed E-state index contributed by atoms with van der Waals surface area (Å²) < 4.78 is 0. The molecule has 1 rings (SSSR count). The average molecular weight is 412 g/mol. The molecule has 1 amide bonds. The molecule has 0 aromatic heterocycles. The van der Waals surface area contributed by atoms with Gasteiger partial charge in [0.15, 0.2) is 0 Å². The van der Waals surface area contributed by atoms with Gasteiger partial charge in [0.25, 0.3) is 0 Å². The molecule has 1 saturated heterocycles. The Morgan fingerprint density at radius 2 is 1.79 bits per heavy atom. The summed E-state index contributed by atoms with van der Waals surface area (Å²) >= 11 is 0. The largest absolute Gasteiger partial charge is 0.481 e. The summed E-state index contributed by atoms with van der Waals surface area (Å²) in [5.41, 5.74) is 0. The van der Waals surface area contributed by atoms with Gasteiger partial charge in [0.1, 0.15) is 0 Å². The van der Waals surface area contributed by atoms with Crippen molar-refractivity contribution in [2.75, 3.05) is 6.54 Å². The Morgan fingerprint density at radius 3 is 2.45 bits per heavy atom. The van der Waals surface area contributed by atoms with Crippen molar-refractivity contribution < 1.29 is 19.8 Å². The van der Waals surface area contributed by atoms with E-state index in [0.29, 0.717) is 24.2 Å². The number of amides is 1. The molecule has 0 bridgehead atoms. The third-order valence-corrected chi connectivity index (χ3v) is 6.90. The quantitative estimate of drug-likeness (QED) is 0.361. The van der Waals surface area contributed by atoms with Gasteiger partial charge in [-0.3, -0.25) is 9.59 Å². The second-order valence-electron chi connectivity index (χ2n) is 9.44. The summed E-state index contributed by atoms with van der Waals surface area (Å²) in [6, 6.07) is 0.242. The van der Waals surface area contributed by atoms with Gasteiger partial charge in [0, 0.05) is 25.4 Å². The first-order valence-corrected chi connectivity index (χ1v) is 12.0.